The molecule has 0 aliphatic carbocycles. The number of carbonyl (C=O) groups excluding carboxylic acids is 1. The summed E-state index contributed by atoms with van der Waals surface area (Å²) in [6.07, 6.45) is -4.63. The van der Waals surface area contributed by atoms with Crippen molar-refractivity contribution in [3.8, 4) is 0 Å². The van der Waals surface area contributed by atoms with Crippen LogP contribution in [0.2, 0.25) is 0 Å². The van der Waals surface area contributed by atoms with E-state index >= 15 is 0 Å². The molecule has 94 valence electrons. The van der Waals surface area contributed by atoms with Gasteiger partial charge in [0.05, 0.1) is 5.00 Å². The van der Waals surface area contributed by atoms with Crippen molar-refractivity contribution in [2.24, 2.45) is 0 Å². The Kier molecular flexibility index (Phi) is 3.76. The first-order valence-corrected chi connectivity index (χ1v) is 5.31. The van der Waals surface area contributed by atoms with E-state index in [9.17, 15) is 22.8 Å². The van der Waals surface area contributed by atoms with Crippen molar-refractivity contribution in [3.63, 3.8) is 0 Å². The Bertz CT molecular complexity index is 453. The summed E-state index contributed by atoms with van der Waals surface area (Å²) in [6, 6.07) is 1.23. The summed E-state index contributed by atoms with van der Waals surface area (Å²) in [4.78, 5) is 21.3. The highest BCUT2D eigenvalue weighted by molar-refractivity contribution is 7.18. The number of rotatable bonds is 3. The maximum Gasteiger partial charge on any atom is 0.471 e. The fraction of sp³-hybridized carbons (Fsp3) is 0.333. The zero-order valence-corrected chi connectivity index (χ0v) is 9.41. The summed E-state index contributed by atoms with van der Waals surface area (Å²) >= 11 is 0.605. The number of carboxylic acids is 1. The van der Waals surface area contributed by atoms with Gasteiger partial charge in [-0.05, 0) is 18.1 Å². The topological polar surface area (TPSA) is 66.4 Å². The van der Waals surface area contributed by atoms with Crippen LogP contribution in [0.25, 0.3) is 0 Å². The predicted octanol–water partition coefficient (Wildman–Crippen LogP) is 2.51. The number of carbonyl (C=O) groups is 2. The maximum atomic E-state index is 12.0. The van der Waals surface area contributed by atoms with Gasteiger partial charge in [-0.1, -0.05) is 6.92 Å². The Hall–Kier alpha value is -1.57. The molecule has 0 aliphatic heterocycles. The van der Waals surface area contributed by atoms with Gasteiger partial charge in [-0.15, -0.1) is 11.3 Å². The highest BCUT2D eigenvalue weighted by Crippen LogP contribution is 2.29. The minimum absolute atomic E-state index is 0.0648. The highest BCUT2D eigenvalue weighted by atomic mass is 32.1. The van der Waals surface area contributed by atoms with Crippen LogP contribution < -0.4 is 5.32 Å². The van der Waals surface area contributed by atoms with Crippen molar-refractivity contribution in [1.82, 2.24) is 0 Å². The predicted molar refractivity (Wildman–Crippen MR) is 55.3 cm³/mol. The minimum Gasteiger partial charge on any atom is -0.477 e. The number of amides is 1. The Morgan fingerprint density at radius 1 is 1.47 bits per heavy atom. The molecule has 0 aromatic carbocycles. The molecule has 1 amide bonds. The van der Waals surface area contributed by atoms with Gasteiger partial charge in [-0.25, -0.2) is 4.79 Å². The van der Waals surface area contributed by atoms with E-state index in [2.05, 4.69) is 0 Å². The molecule has 0 aliphatic rings. The molecule has 0 spiro atoms. The highest BCUT2D eigenvalue weighted by Gasteiger charge is 2.39. The first-order valence-electron chi connectivity index (χ1n) is 4.50. The fourth-order valence-electron chi connectivity index (χ4n) is 1.12. The monoisotopic (exact) mass is 267 g/mol. The van der Waals surface area contributed by atoms with Gasteiger partial charge in [-0.3, -0.25) is 4.79 Å². The number of anilines is 1. The average molecular weight is 267 g/mol. The molecule has 0 saturated heterocycles. The van der Waals surface area contributed by atoms with Crippen LogP contribution in [0.5, 0.6) is 0 Å². The quantitative estimate of drug-likeness (QED) is 0.884. The van der Waals surface area contributed by atoms with E-state index in [1.807, 2.05) is 0 Å². The van der Waals surface area contributed by atoms with Crippen LogP contribution in [-0.4, -0.2) is 23.2 Å². The first kappa shape index (κ1) is 13.5. The van der Waals surface area contributed by atoms with E-state index in [1.165, 1.54) is 6.07 Å². The standard InChI is InChI=1S/C9H8F3NO3S/c1-2-4-3-5(17-6(4)7(14)15)13-8(16)9(10,11)12/h3H,2H2,1H3,(H,13,16)(H,14,15). The van der Waals surface area contributed by atoms with Crippen LogP contribution >= 0.6 is 11.3 Å². The molecule has 0 unspecified atom stereocenters. The molecule has 1 aromatic rings. The SMILES string of the molecule is CCc1cc(NC(=O)C(F)(F)F)sc1C(=O)O. The third-order valence-electron chi connectivity index (χ3n) is 1.88. The molecular formula is C9H8F3NO3S. The van der Waals surface area contributed by atoms with E-state index in [4.69, 9.17) is 5.11 Å². The van der Waals surface area contributed by atoms with Gasteiger partial charge in [0.2, 0.25) is 0 Å². The Balaban J connectivity index is 2.94. The Morgan fingerprint density at radius 2 is 2.06 bits per heavy atom. The molecule has 1 aromatic heterocycles. The van der Waals surface area contributed by atoms with Gasteiger partial charge >= 0.3 is 18.1 Å². The zero-order valence-electron chi connectivity index (χ0n) is 8.59. The molecule has 4 nitrogen and oxygen atoms in total. The molecule has 17 heavy (non-hydrogen) atoms. The number of carboxylic acid groups (broad SMARTS) is 1. The van der Waals surface area contributed by atoms with Gasteiger partial charge in [0.25, 0.3) is 0 Å². The van der Waals surface area contributed by atoms with E-state index in [0.717, 1.165) is 0 Å². The van der Waals surface area contributed by atoms with Crippen LogP contribution in [0.15, 0.2) is 6.07 Å². The number of halogens is 3. The zero-order chi connectivity index (χ0) is 13.2. The van der Waals surface area contributed by atoms with Crippen molar-refractivity contribution in [2.75, 3.05) is 5.32 Å². The molecule has 0 saturated carbocycles. The largest absolute Gasteiger partial charge is 0.477 e. The van der Waals surface area contributed by atoms with Crippen molar-refractivity contribution in [2.45, 2.75) is 19.5 Å². The molecule has 2 N–H and O–H groups in total. The Labute approximate surface area is 98.1 Å². The molecule has 8 heteroatoms. The lowest BCUT2D eigenvalue weighted by Crippen LogP contribution is -2.29. The summed E-state index contributed by atoms with van der Waals surface area (Å²) in [5.74, 6) is -3.34. The lowest BCUT2D eigenvalue weighted by atomic mass is 10.2. The molecular weight excluding hydrogens is 259 g/mol. The summed E-state index contributed by atoms with van der Waals surface area (Å²) in [6.45, 7) is 1.67. The lowest BCUT2D eigenvalue weighted by molar-refractivity contribution is -0.167. The van der Waals surface area contributed by atoms with E-state index < -0.39 is 18.1 Å². The van der Waals surface area contributed by atoms with Crippen molar-refractivity contribution in [1.29, 1.82) is 0 Å². The second kappa shape index (κ2) is 4.74. The third-order valence-corrected chi connectivity index (χ3v) is 2.96. The van der Waals surface area contributed by atoms with E-state index in [0.29, 0.717) is 23.3 Å². The molecule has 0 bridgehead atoms. The molecule has 0 radical (unpaired) electrons. The minimum atomic E-state index is -4.99. The maximum absolute atomic E-state index is 12.0. The molecule has 1 rings (SSSR count). The lowest BCUT2D eigenvalue weighted by Gasteiger charge is -2.04. The summed E-state index contributed by atoms with van der Waals surface area (Å²) in [5, 5.41) is 10.3. The second-order valence-corrected chi connectivity index (χ2v) is 4.13. The van der Waals surface area contributed by atoms with Gasteiger partial charge in [0.1, 0.15) is 4.88 Å². The average Bonchev–Trinajstić information content (AvgIpc) is 2.59. The third kappa shape index (κ3) is 3.19. The first-order chi connectivity index (χ1) is 7.75. The fourth-order valence-corrected chi connectivity index (χ4v) is 2.10. The molecule has 1 heterocycles. The number of aryl methyl sites for hydroxylation is 1. The Morgan fingerprint density at radius 3 is 2.41 bits per heavy atom. The number of hydrogen-bond acceptors (Lipinski definition) is 3. The second-order valence-electron chi connectivity index (χ2n) is 3.08. The summed E-state index contributed by atoms with van der Waals surface area (Å²) in [5.41, 5.74) is 0.389. The number of thiophene rings is 1. The van der Waals surface area contributed by atoms with E-state index in [1.54, 1.807) is 12.2 Å². The van der Waals surface area contributed by atoms with Crippen molar-refractivity contribution >= 4 is 28.2 Å². The smallest absolute Gasteiger partial charge is 0.471 e. The van der Waals surface area contributed by atoms with Crippen LogP contribution in [-0.2, 0) is 11.2 Å². The number of alkyl halides is 3. The number of nitrogens with one attached hydrogen (secondary N) is 1. The molecule has 0 atom stereocenters. The van der Waals surface area contributed by atoms with Gasteiger partial charge in [0, 0.05) is 0 Å². The van der Waals surface area contributed by atoms with Crippen LogP contribution in [0.3, 0.4) is 0 Å². The van der Waals surface area contributed by atoms with E-state index in [-0.39, 0.29) is 9.88 Å². The van der Waals surface area contributed by atoms with Crippen molar-refractivity contribution in [3.05, 3.63) is 16.5 Å². The van der Waals surface area contributed by atoms with Crippen LogP contribution in [0.1, 0.15) is 22.2 Å². The van der Waals surface area contributed by atoms with Gasteiger partial charge in [-0.2, -0.15) is 13.2 Å². The number of hydrogen-bond donors (Lipinski definition) is 2. The molecule has 0 fully saturated rings. The summed E-state index contributed by atoms with van der Waals surface area (Å²) < 4.78 is 35.9. The van der Waals surface area contributed by atoms with Gasteiger partial charge in [0.15, 0.2) is 0 Å². The van der Waals surface area contributed by atoms with Gasteiger partial charge < -0.3 is 10.4 Å². The normalized spacial score (nSPS) is 11.3. The number of aromatic carboxylic acids is 1. The van der Waals surface area contributed by atoms with Crippen LogP contribution in [0.4, 0.5) is 18.2 Å². The van der Waals surface area contributed by atoms with Crippen molar-refractivity contribution < 1.29 is 27.9 Å². The van der Waals surface area contributed by atoms with Crippen LogP contribution in [0, 0.1) is 0 Å². The summed E-state index contributed by atoms with van der Waals surface area (Å²) in [7, 11) is 0.